The highest BCUT2D eigenvalue weighted by molar-refractivity contribution is 5.78. The number of aliphatic hydroxyl groups excluding tert-OH is 1. The van der Waals surface area contributed by atoms with Crippen LogP contribution in [0.5, 0.6) is 5.75 Å². The molecule has 1 aromatic rings. The molecule has 1 aliphatic heterocycles. The Morgan fingerprint density at radius 1 is 1.45 bits per heavy atom. The smallest absolute Gasteiger partial charge is 0.234 e. The van der Waals surface area contributed by atoms with Crippen LogP contribution in [0, 0.1) is 0 Å². The molecule has 1 aliphatic rings. The maximum atomic E-state index is 11.7. The van der Waals surface area contributed by atoms with E-state index in [1.54, 1.807) is 7.11 Å². The Hall–Kier alpha value is -1.59. The van der Waals surface area contributed by atoms with Crippen LogP contribution in [-0.4, -0.2) is 55.3 Å². The summed E-state index contributed by atoms with van der Waals surface area (Å²) in [5.41, 5.74) is 1.17. The lowest BCUT2D eigenvalue weighted by Gasteiger charge is -2.14. The zero-order chi connectivity index (χ0) is 14.4. The summed E-state index contributed by atoms with van der Waals surface area (Å²) in [5.74, 6) is 0.859. The van der Waals surface area contributed by atoms with Gasteiger partial charge in [-0.1, -0.05) is 12.1 Å². The van der Waals surface area contributed by atoms with Crippen LogP contribution in [0.3, 0.4) is 0 Å². The van der Waals surface area contributed by atoms with Gasteiger partial charge in [-0.25, -0.2) is 0 Å². The van der Waals surface area contributed by atoms with E-state index >= 15 is 0 Å². The molecule has 0 saturated carbocycles. The second-order valence-electron chi connectivity index (χ2n) is 5.13. The lowest BCUT2D eigenvalue weighted by Crippen LogP contribution is -2.37. The number of aliphatic hydroxyl groups is 1. The SMILES string of the molecule is COc1ccc(CCNC(=O)CN2CC[C@H](O)C2)cc1. The molecule has 5 heteroatoms. The highest BCUT2D eigenvalue weighted by Crippen LogP contribution is 2.11. The topological polar surface area (TPSA) is 61.8 Å². The van der Waals surface area contributed by atoms with Crippen molar-refractivity contribution < 1.29 is 14.6 Å². The number of likely N-dealkylation sites (tertiary alicyclic amines) is 1. The summed E-state index contributed by atoms with van der Waals surface area (Å²) >= 11 is 0. The first kappa shape index (κ1) is 14.8. The summed E-state index contributed by atoms with van der Waals surface area (Å²) in [5, 5.41) is 12.3. The molecule has 0 bridgehead atoms. The van der Waals surface area contributed by atoms with Crippen molar-refractivity contribution >= 4 is 5.91 Å². The fourth-order valence-electron chi connectivity index (χ4n) is 2.35. The number of methoxy groups -OCH3 is 1. The Morgan fingerprint density at radius 3 is 2.80 bits per heavy atom. The van der Waals surface area contributed by atoms with Gasteiger partial charge in [0.1, 0.15) is 5.75 Å². The van der Waals surface area contributed by atoms with Crippen molar-refractivity contribution in [3.63, 3.8) is 0 Å². The van der Waals surface area contributed by atoms with E-state index in [0.29, 0.717) is 19.6 Å². The number of β-amino-alcohol motifs (C(OH)–C–C–N with tert-alkyl or cyclic N) is 1. The van der Waals surface area contributed by atoms with Crippen molar-refractivity contribution in [2.75, 3.05) is 33.3 Å². The molecule has 1 fully saturated rings. The Morgan fingerprint density at radius 2 is 2.20 bits per heavy atom. The van der Waals surface area contributed by atoms with E-state index in [2.05, 4.69) is 5.32 Å². The van der Waals surface area contributed by atoms with Gasteiger partial charge in [-0.15, -0.1) is 0 Å². The first-order chi connectivity index (χ1) is 9.67. The van der Waals surface area contributed by atoms with Crippen molar-refractivity contribution in [1.82, 2.24) is 10.2 Å². The van der Waals surface area contributed by atoms with Gasteiger partial charge in [-0.3, -0.25) is 9.69 Å². The van der Waals surface area contributed by atoms with Gasteiger partial charge in [0.05, 0.1) is 19.8 Å². The minimum absolute atomic E-state index is 0.0209. The zero-order valence-electron chi connectivity index (χ0n) is 11.8. The largest absolute Gasteiger partial charge is 0.497 e. The standard InChI is InChI=1S/C15H22N2O3/c1-20-14-4-2-12(3-5-14)6-8-16-15(19)11-17-9-7-13(18)10-17/h2-5,13,18H,6-11H2,1H3,(H,16,19)/t13-/m0/s1. The second-order valence-corrected chi connectivity index (χ2v) is 5.13. The van der Waals surface area contributed by atoms with Crippen LogP contribution in [0.2, 0.25) is 0 Å². The molecule has 0 spiro atoms. The molecule has 1 heterocycles. The first-order valence-corrected chi connectivity index (χ1v) is 6.97. The van der Waals surface area contributed by atoms with E-state index < -0.39 is 0 Å². The highest BCUT2D eigenvalue weighted by atomic mass is 16.5. The average Bonchev–Trinajstić information content (AvgIpc) is 2.85. The molecular weight excluding hydrogens is 256 g/mol. The first-order valence-electron chi connectivity index (χ1n) is 6.97. The molecule has 1 atom stereocenters. The Balaban J connectivity index is 1.65. The van der Waals surface area contributed by atoms with E-state index in [9.17, 15) is 9.90 Å². The summed E-state index contributed by atoms with van der Waals surface area (Å²) < 4.78 is 5.10. The van der Waals surface area contributed by atoms with Crippen LogP contribution in [0.1, 0.15) is 12.0 Å². The number of ether oxygens (including phenoxy) is 1. The van der Waals surface area contributed by atoms with Crippen LogP contribution in [0.4, 0.5) is 0 Å². The molecule has 0 aliphatic carbocycles. The molecule has 20 heavy (non-hydrogen) atoms. The normalized spacial score (nSPS) is 19.0. The fourth-order valence-corrected chi connectivity index (χ4v) is 2.35. The van der Waals surface area contributed by atoms with Gasteiger partial charge in [0.25, 0.3) is 0 Å². The molecule has 1 amide bonds. The van der Waals surface area contributed by atoms with Crippen molar-refractivity contribution in [3.05, 3.63) is 29.8 Å². The number of hydrogen-bond acceptors (Lipinski definition) is 4. The molecule has 0 aromatic heterocycles. The van der Waals surface area contributed by atoms with E-state index in [1.165, 1.54) is 5.56 Å². The zero-order valence-corrected chi connectivity index (χ0v) is 11.8. The molecule has 0 radical (unpaired) electrons. The van der Waals surface area contributed by atoms with Gasteiger partial charge in [-0.2, -0.15) is 0 Å². The lowest BCUT2D eigenvalue weighted by molar-refractivity contribution is -0.122. The molecule has 0 unspecified atom stereocenters. The summed E-state index contributed by atoms with van der Waals surface area (Å²) in [7, 11) is 1.64. The van der Waals surface area contributed by atoms with Crippen LogP contribution < -0.4 is 10.1 Å². The summed E-state index contributed by atoms with van der Waals surface area (Å²) in [6.45, 7) is 2.40. The van der Waals surface area contributed by atoms with Crippen LogP contribution >= 0.6 is 0 Å². The van der Waals surface area contributed by atoms with Crippen LogP contribution in [0.25, 0.3) is 0 Å². The van der Waals surface area contributed by atoms with Gasteiger partial charge in [0.2, 0.25) is 5.91 Å². The fraction of sp³-hybridized carbons (Fsp3) is 0.533. The number of carbonyl (C=O) groups is 1. The molecule has 110 valence electrons. The van der Waals surface area contributed by atoms with E-state index in [0.717, 1.165) is 25.1 Å². The number of hydrogen-bond donors (Lipinski definition) is 2. The number of rotatable bonds is 6. The highest BCUT2D eigenvalue weighted by Gasteiger charge is 2.21. The van der Waals surface area contributed by atoms with Crippen molar-refractivity contribution in [3.8, 4) is 5.75 Å². The summed E-state index contributed by atoms with van der Waals surface area (Å²) in [6, 6.07) is 7.84. The second kappa shape index (κ2) is 7.26. The van der Waals surface area contributed by atoms with Gasteiger partial charge in [-0.05, 0) is 30.5 Å². The monoisotopic (exact) mass is 278 g/mol. The molecule has 2 N–H and O–H groups in total. The van der Waals surface area contributed by atoms with Gasteiger partial charge < -0.3 is 15.2 Å². The lowest BCUT2D eigenvalue weighted by atomic mass is 10.1. The quantitative estimate of drug-likeness (QED) is 0.792. The predicted molar refractivity (Wildman–Crippen MR) is 76.8 cm³/mol. The van der Waals surface area contributed by atoms with Crippen molar-refractivity contribution in [2.45, 2.75) is 18.9 Å². The minimum atomic E-state index is -0.276. The summed E-state index contributed by atoms with van der Waals surface area (Å²) in [6.07, 6.45) is 1.29. The Kier molecular flexibility index (Phi) is 5.38. The number of nitrogens with one attached hydrogen (secondary N) is 1. The van der Waals surface area contributed by atoms with Gasteiger partial charge in [0, 0.05) is 19.6 Å². The van der Waals surface area contributed by atoms with E-state index in [4.69, 9.17) is 4.74 Å². The third-order valence-electron chi connectivity index (χ3n) is 3.51. The van der Waals surface area contributed by atoms with Crippen molar-refractivity contribution in [2.24, 2.45) is 0 Å². The number of nitrogens with zero attached hydrogens (tertiary/aromatic N) is 1. The van der Waals surface area contributed by atoms with Crippen molar-refractivity contribution in [1.29, 1.82) is 0 Å². The predicted octanol–water partition coefficient (Wildman–Crippen LogP) is 0.420. The number of benzene rings is 1. The molecule has 5 nitrogen and oxygen atoms in total. The van der Waals surface area contributed by atoms with E-state index in [-0.39, 0.29) is 12.0 Å². The number of carbonyl (C=O) groups excluding carboxylic acids is 1. The molecule has 1 aromatic carbocycles. The Bertz CT molecular complexity index is 433. The summed E-state index contributed by atoms with van der Waals surface area (Å²) in [4.78, 5) is 13.7. The van der Waals surface area contributed by atoms with Crippen LogP contribution in [0.15, 0.2) is 24.3 Å². The molecule has 1 saturated heterocycles. The average molecular weight is 278 g/mol. The van der Waals surface area contributed by atoms with Gasteiger partial charge >= 0.3 is 0 Å². The Labute approximate surface area is 119 Å². The maximum absolute atomic E-state index is 11.7. The minimum Gasteiger partial charge on any atom is -0.497 e. The molecular formula is C15H22N2O3. The number of amides is 1. The third-order valence-corrected chi connectivity index (χ3v) is 3.51. The maximum Gasteiger partial charge on any atom is 0.234 e. The third kappa shape index (κ3) is 4.51. The van der Waals surface area contributed by atoms with E-state index in [1.807, 2.05) is 29.2 Å². The van der Waals surface area contributed by atoms with Crippen LogP contribution in [-0.2, 0) is 11.2 Å². The van der Waals surface area contributed by atoms with Gasteiger partial charge in [0.15, 0.2) is 0 Å². The molecule has 2 rings (SSSR count).